The number of piperidine rings is 1. The summed E-state index contributed by atoms with van der Waals surface area (Å²) in [5.41, 5.74) is 3.06. The van der Waals surface area contributed by atoms with E-state index in [9.17, 15) is 19.6 Å². The third kappa shape index (κ3) is 7.68. The molecule has 0 bridgehead atoms. The number of para-hydroxylation sites is 1. The summed E-state index contributed by atoms with van der Waals surface area (Å²) in [6, 6.07) is 21.6. The van der Waals surface area contributed by atoms with Crippen molar-refractivity contribution in [2.45, 2.75) is 30.7 Å². The van der Waals surface area contributed by atoms with Gasteiger partial charge in [0.2, 0.25) is 0 Å². The molecular formula is C33H29Cl2N5O4S. The number of amides is 1. The fourth-order valence-corrected chi connectivity index (χ4v) is 6.22. The fourth-order valence-electron chi connectivity index (χ4n) is 5.12. The van der Waals surface area contributed by atoms with Crippen molar-refractivity contribution in [2.75, 3.05) is 29.9 Å². The van der Waals surface area contributed by atoms with Gasteiger partial charge in [-0.05, 0) is 61.7 Å². The minimum atomic E-state index is -0.525. The maximum absolute atomic E-state index is 13.0. The highest BCUT2D eigenvalue weighted by atomic mass is 35.5. The van der Waals surface area contributed by atoms with Gasteiger partial charge in [0, 0.05) is 41.3 Å². The lowest BCUT2D eigenvalue weighted by Crippen LogP contribution is -2.37. The number of benzene rings is 3. The van der Waals surface area contributed by atoms with Crippen LogP contribution in [0.4, 0.5) is 11.4 Å². The van der Waals surface area contributed by atoms with Crippen LogP contribution in [0.25, 0.3) is 11.3 Å². The molecule has 1 saturated heterocycles. The van der Waals surface area contributed by atoms with Crippen molar-refractivity contribution < 1.29 is 14.3 Å². The van der Waals surface area contributed by atoms with Crippen molar-refractivity contribution >= 4 is 58.2 Å². The molecule has 1 aromatic heterocycles. The lowest BCUT2D eigenvalue weighted by Gasteiger charge is -2.33. The summed E-state index contributed by atoms with van der Waals surface area (Å²) in [7, 11) is 0. The number of nitriles is 1. The van der Waals surface area contributed by atoms with Gasteiger partial charge in [-0.15, -0.1) is 0 Å². The Labute approximate surface area is 274 Å². The third-order valence-corrected chi connectivity index (χ3v) is 9.05. The molecule has 1 aliphatic rings. The summed E-state index contributed by atoms with van der Waals surface area (Å²) in [5, 5.41) is 13.8. The quantitative estimate of drug-likeness (QED) is 0.112. The van der Waals surface area contributed by atoms with Crippen molar-refractivity contribution in [3.05, 3.63) is 104 Å². The molecule has 230 valence electrons. The summed E-state index contributed by atoms with van der Waals surface area (Å²) in [6.07, 6.45) is 1.30. The van der Waals surface area contributed by atoms with E-state index in [2.05, 4.69) is 15.2 Å². The maximum atomic E-state index is 13.0. The van der Waals surface area contributed by atoms with Gasteiger partial charge in [0.1, 0.15) is 11.6 Å². The number of halogens is 2. The van der Waals surface area contributed by atoms with E-state index < -0.39 is 5.56 Å². The highest BCUT2D eigenvalue weighted by molar-refractivity contribution is 7.98. The number of nitrogens with zero attached hydrogens (tertiary/aromatic N) is 3. The molecule has 0 unspecified atom stereocenters. The van der Waals surface area contributed by atoms with Crippen molar-refractivity contribution in [3.8, 4) is 17.3 Å². The van der Waals surface area contributed by atoms with Crippen molar-refractivity contribution in [2.24, 2.45) is 5.92 Å². The summed E-state index contributed by atoms with van der Waals surface area (Å²) >= 11 is 13.3. The second-order valence-electron chi connectivity index (χ2n) is 10.3. The molecule has 45 heavy (non-hydrogen) atoms. The number of carbonyl (C=O) groups is 2. The van der Waals surface area contributed by atoms with Crippen LogP contribution in [-0.2, 0) is 15.3 Å². The fraction of sp³-hybridized carbons (Fsp3) is 0.242. The highest BCUT2D eigenvalue weighted by Gasteiger charge is 2.28. The van der Waals surface area contributed by atoms with Crippen LogP contribution in [0.2, 0.25) is 10.0 Å². The third-order valence-electron chi connectivity index (χ3n) is 7.37. The smallest absolute Gasteiger partial charge is 0.309 e. The van der Waals surface area contributed by atoms with Gasteiger partial charge in [-0.2, -0.15) is 5.26 Å². The molecule has 12 heteroatoms. The molecule has 9 nitrogen and oxygen atoms in total. The lowest BCUT2D eigenvalue weighted by molar-refractivity contribution is -0.148. The standard InChI is InChI=1S/C33H29Cl2N5O4S/c1-2-44-32(43)21-12-14-40(15-13-21)28-9-4-3-8-24(28)29-25(18-36)31(42)39-33(38-29)45-19-20-6-5-7-23(16-20)37-30(41)22-10-11-26(34)27(35)17-22/h3-11,16-17,21H,2,12-15,19H2,1H3,(H,37,41)(H,38,39,42). The second kappa shape index (κ2) is 14.7. The first-order chi connectivity index (χ1) is 21.8. The Morgan fingerprint density at radius 1 is 1.09 bits per heavy atom. The first-order valence-electron chi connectivity index (χ1n) is 14.3. The average Bonchev–Trinajstić information content (AvgIpc) is 3.05. The highest BCUT2D eigenvalue weighted by Crippen LogP contribution is 2.34. The Balaban J connectivity index is 1.33. The van der Waals surface area contributed by atoms with Gasteiger partial charge in [0.25, 0.3) is 11.5 Å². The predicted molar refractivity (Wildman–Crippen MR) is 177 cm³/mol. The SMILES string of the molecule is CCOC(=O)C1CCN(c2ccccc2-c2nc(SCc3cccc(NC(=O)c4ccc(Cl)c(Cl)c4)c3)[nH]c(=O)c2C#N)CC1. The van der Waals surface area contributed by atoms with Crippen molar-refractivity contribution in [3.63, 3.8) is 0 Å². The van der Waals surface area contributed by atoms with Gasteiger partial charge in [-0.25, -0.2) is 4.98 Å². The minimum Gasteiger partial charge on any atom is -0.466 e. The van der Waals surface area contributed by atoms with E-state index in [1.165, 1.54) is 17.8 Å². The zero-order chi connectivity index (χ0) is 31.9. The van der Waals surface area contributed by atoms with E-state index in [1.807, 2.05) is 48.5 Å². The summed E-state index contributed by atoms with van der Waals surface area (Å²) in [6.45, 7) is 3.42. The number of H-pyrrole nitrogens is 1. The molecule has 0 atom stereocenters. The molecular weight excluding hydrogens is 633 g/mol. The van der Waals surface area contributed by atoms with E-state index in [-0.39, 0.29) is 23.4 Å². The predicted octanol–water partition coefficient (Wildman–Crippen LogP) is 6.94. The van der Waals surface area contributed by atoms with Crippen LogP contribution >= 0.6 is 35.0 Å². The van der Waals surface area contributed by atoms with Crippen LogP contribution in [0.3, 0.4) is 0 Å². The number of rotatable bonds is 9. The van der Waals surface area contributed by atoms with Gasteiger partial charge in [-0.1, -0.05) is 65.3 Å². The number of esters is 1. The van der Waals surface area contributed by atoms with Crippen LogP contribution < -0.4 is 15.8 Å². The molecule has 0 aliphatic carbocycles. The van der Waals surface area contributed by atoms with Crippen LogP contribution in [0, 0.1) is 17.2 Å². The second-order valence-corrected chi connectivity index (χ2v) is 12.1. The Morgan fingerprint density at radius 3 is 2.60 bits per heavy atom. The zero-order valence-electron chi connectivity index (χ0n) is 24.3. The van der Waals surface area contributed by atoms with Gasteiger partial charge in [-0.3, -0.25) is 14.4 Å². The Kier molecular flexibility index (Phi) is 10.5. The van der Waals surface area contributed by atoms with Gasteiger partial charge in [0.05, 0.1) is 28.3 Å². The van der Waals surface area contributed by atoms with E-state index >= 15 is 0 Å². The zero-order valence-corrected chi connectivity index (χ0v) is 26.6. The normalized spacial score (nSPS) is 13.2. The molecule has 1 amide bonds. The van der Waals surface area contributed by atoms with E-state index in [0.29, 0.717) is 76.0 Å². The number of ether oxygens (including phenoxy) is 1. The minimum absolute atomic E-state index is 0.0692. The van der Waals surface area contributed by atoms with Crippen LogP contribution in [-0.4, -0.2) is 41.5 Å². The number of anilines is 2. The molecule has 2 N–H and O–H groups in total. The summed E-state index contributed by atoms with van der Waals surface area (Å²) < 4.78 is 5.21. The van der Waals surface area contributed by atoms with Crippen LogP contribution in [0.1, 0.15) is 41.3 Å². The first-order valence-corrected chi connectivity index (χ1v) is 16.0. The molecule has 0 saturated carbocycles. The van der Waals surface area contributed by atoms with Crippen LogP contribution in [0.15, 0.2) is 76.7 Å². The van der Waals surface area contributed by atoms with E-state index in [4.69, 9.17) is 32.9 Å². The molecule has 5 rings (SSSR count). The molecule has 0 radical (unpaired) electrons. The number of aromatic nitrogens is 2. The number of carbonyl (C=O) groups excluding carboxylic acids is 2. The van der Waals surface area contributed by atoms with Crippen LogP contribution in [0.5, 0.6) is 0 Å². The van der Waals surface area contributed by atoms with Gasteiger partial charge < -0.3 is 19.9 Å². The molecule has 1 aliphatic heterocycles. The molecule has 1 fully saturated rings. The van der Waals surface area contributed by atoms with Crippen molar-refractivity contribution in [1.82, 2.24) is 9.97 Å². The molecule has 0 spiro atoms. The first kappa shape index (κ1) is 32.1. The summed E-state index contributed by atoms with van der Waals surface area (Å²) in [5.74, 6) is -0.209. The number of nitrogens with one attached hydrogen (secondary N) is 2. The lowest BCUT2D eigenvalue weighted by atomic mass is 9.95. The molecule has 2 heterocycles. The van der Waals surface area contributed by atoms with Crippen molar-refractivity contribution in [1.29, 1.82) is 5.26 Å². The topological polar surface area (TPSA) is 128 Å². The number of hydrogen-bond acceptors (Lipinski definition) is 8. The average molecular weight is 663 g/mol. The van der Waals surface area contributed by atoms with E-state index in [0.717, 1.165) is 11.3 Å². The maximum Gasteiger partial charge on any atom is 0.309 e. The van der Waals surface area contributed by atoms with E-state index in [1.54, 1.807) is 25.1 Å². The summed E-state index contributed by atoms with van der Waals surface area (Å²) in [4.78, 5) is 47.6. The number of thioether (sulfide) groups is 1. The molecule has 3 aromatic carbocycles. The Bertz CT molecular complexity index is 1830. The monoisotopic (exact) mass is 661 g/mol. The Hall–Kier alpha value is -4.30. The number of aromatic amines is 1. The van der Waals surface area contributed by atoms with Gasteiger partial charge >= 0.3 is 5.97 Å². The largest absolute Gasteiger partial charge is 0.466 e. The Morgan fingerprint density at radius 2 is 1.87 bits per heavy atom. The molecule has 4 aromatic rings. The van der Waals surface area contributed by atoms with Gasteiger partial charge in [0.15, 0.2) is 5.16 Å². The number of hydrogen-bond donors (Lipinski definition) is 2.